The van der Waals surface area contributed by atoms with Crippen LogP contribution in [-0.4, -0.2) is 34.6 Å². The van der Waals surface area contributed by atoms with E-state index in [1.165, 1.54) is 4.90 Å². The molecule has 0 bridgehead atoms. The van der Waals surface area contributed by atoms with Crippen LogP contribution in [0.2, 0.25) is 5.02 Å². The van der Waals surface area contributed by atoms with E-state index in [9.17, 15) is 19.2 Å². The lowest BCUT2D eigenvalue weighted by Gasteiger charge is -2.29. The Morgan fingerprint density at radius 2 is 2.00 bits per heavy atom. The van der Waals surface area contributed by atoms with Gasteiger partial charge in [-0.3, -0.25) is 24.5 Å². The molecule has 8 heteroatoms. The quantitative estimate of drug-likeness (QED) is 0.679. The van der Waals surface area contributed by atoms with E-state index in [1.807, 2.05) is 32.0 Å². The molecule has 2 heterocycles. The van der Waals surface area contributed by atoms with Gasteiger partial charge in [0.05, 0.1) is 0 Å². The van der Waals surface area contributed by atoms with Crippen molar-refractivity contribution in [3.8, 4) is 0 Å². The van der Waals surface area contributed by atoms with Gasteiger partial charge in [0.25, 0.3) is 5.91 Å². The number of nitrogens with zero attached hydrogens (tertiary/aromatic N) is 1. The first-order valence-electron chi connectivity index (χ1n) is 10.6. The first-order chi connectivity index (χ1) is 15.2. The molecule has 166 valence electrons. The van der Waals surface area contributed by atoms with Crippen LogP contribution in [0.3, 0.4) is 0 Å². The lowest BCUT2D eigenvalue weighted by atomic mass is 9.97. The van der Waals surface area contributed by atoms with Crippen LogP contribution < -0.4 is 10.6 Å². The summed E-state index contributed by atoms with van der Waals surface area (Å²) in [4.78, 5) is 50.6. The highest BCUT2D eigenvalue weighted by molar-refractivity contribution is 6.31. The zero-order valence-corrected chi connectivity index (χ0v) is 18.7. The van der Waals surface area contributed by atoms with Gasteiger partial charge in [0, 0.05) is 35.2 Å². The maximum absolute atomic E-state index is 12.8. The molecule has 0 saturated carbocycles. The van der Waals surface area contributed by atoms with Crippen molar-refractivity contribution in [1.29, 1.82) is 0 Å². The Morgan fingerprint density at radius 3 is 2.72 bits per heavy atom. The number of carbonyl (C=O) groups is 4. The van der Waals surface area contributed by atoms with Gasteiger partial charge in [0.2, 0.25) is 17.7 Å². The van der Waals surface area contributed by atoms with Gasteiger partial charge in [-0.15, -0.1) is 0 Å². The molecule has 1 saturated heterocycles. The van der Waals surface area contributed by atoms with Crippen LogP contribution in [0.25, 0.3) is 0 Å². The molecule has 0 aromatic heterocycles. The lowest BCUT2D eigenvalue weighted by molar-refractivity contribution is -0.137. The van der Waals surface area contributed by atoms with Gasteiger partial charge in [-0.1, -0.05) is 30.7 Å². The fourth-order valence-corrected chi connectivity index (χ4v) is 4.31. The minimum Gasteiger partial charge on any atom is -0.326 e. The van der Waals surface area contributed by atoms with Crippen LogP contribution in [-0.2, 0) is 27.3 Å². The van der Waals surface area contributed by atoms with Crippen molar-refractivity contribution in [3.05, 3.63) is 63.7 Å². The number of anilines is 1. The molecule has 0 radical (unpaired) electrons. The molecule has 2 aliphatic rings. The number of carbonyl (C=O) groups excluding carboxylic acids is 4. The highest BCUT2D eigenvalue weighted by atomic mass is 35.5. The summed E-state index contributed by atoms with van der Waals surface area (Å²) in [6.07, 6.45) is 1.07. The molecule has 1 fully saturated rings. The number of halogens is 1. The van der Waals surface area contributed by atoms with Crippen LogP contribution in [0.15, 0.2) is 36.4 Å². The Labute approximate surface area is 191 Å². The van der Waals surface area contributed by atoms with Gasteiger partial charge in [-0.25, -0.2) is 0 Å². The highest BCUT2D eigenvalue weighted by Gasteiger charge is 2.39. The summed E-state index contributed by atoms with van der Waals surface area (Å²) < 4.78 is 0. The minimum atomic E-state index is -0.636. The highest BCUT2D eigenvalue weighted by Crippen LogP contribution is 2.29. The van der Waals surface area contributed by atoms with Gasteiger partial charge < -0.3 is 10.2 Å². The molecule has 4 amide bonds. The smallest absolute Gasteiger partial charge is 0.255 e. The molecule has 2 N–H and O–H groups in total. The summed E-state index contributed by atoms with van der Waals surface area (Å²) in [5.41, 5.74) is 3.92. The third-order valence-corrected chi connectivity index (χ3v) is 6.43. The average molecular weight is 454 g/mol. The minimum absolute atomic E-state index is 0.103. The van der Waals surface area contributed by atoms with Crippen molar-refractivity contribution in [3.63, 3.8) is 0 Å². The Bertz CT molecular complexity index is 1130. The molecule has 2 unspecified atom stereocenters. The number of amides is 4. The predicted molar refractivity (Wildman–Crippen MR) is 120 cm³/mol. The standard InChI is InChI=1S/C24H24ClN3O4/c1-13-10-17(4-6-19(13)25)26-22(30)14(2)9-15-3-5-18-16(11-15)12-28(24(18)32)20-7-8-21(29)27-23(20)31/h3-6,10-11,14,20H,7-9,12H2,1-2H3,(H,26,30)(H,27,29,31). The summed E-state index contributed by atoms with van der Waals surface area (Å²) in [7, 11) is 0. The Hall–Kier alpha value is -3.19. The number of aryl methyl sites for hydroxylation is 1. The molecule has 32 heavy (non-hydrogen) atoms. The van der Waals surface area contributed by atoms with Crippen LogP contribution in [0, 0.1) is 12.8 Å². The molecule has 2 atom stereocenters. The van der Waals surface area contributed by atoms with Gasteiger partial charge >= 0.3 is 0 Å². The van der Waals surface area contributed by atoms with Crippen LogP contribution in [0.1, 0.15) is 46.8 Å². The van der Waals surface area contributed by atoms with E-state index < -0.39 is 11.9 Å². The molecule has 2 aromatic carbocycles. The van der Waals surface area contributed by atoms with E-state index in [4.69, 9.17) is 11.6 Å². The van der Waals surface area contributed by atoms with E-state index in [1.54, 1.807) is 18.2 Å². The zero-order valence-electron chi connectivity index (χ0n) is 17.9. The second-order valence-electron chi connectivity index (χ2n) is 8.45. The topological polar surface area (TPSA) is 95.6 Å². The lowest BCUT2D eigenvalue weighted by Crippen LogP contribution is -2.52. The number of imide groups is 1. The summed E-state index contributed by atoms with van der Waals surface area (Å²) in [6.45, 7) is 4.05. The molecule has 2 aromatic rings. The van der Waals surface area contributed by atoms with Crippen molar-refractivity contribution in [2.24, 2.45) is 5.92 Å². The van der Waals surface area contributed by atoms with Crippen molar-refractivity contribution >= 4 is 40.9 Å². The Kier molecular flexibility index (Phi) is 6.02. The molecule has 0 aliphatic carbocycles. The van der Waals surface area contributed by atoms with Gasteiger partial charge in [-0.05, 0) is 60.7 Å². The van der Waals surface area contributed by atoms with E-state index in [2.05, 4.69) is 10.6 Å². The van der Waals surface area contributed by atoms with E-state index in [0.29, 0.717) is 35.7 Å². The number of rotatable bonds is 5. The fraction of sp³-hybridized carbons (Fsp3) is 0.333. The van der Waals surface area contributed by atoms with Gasteiger partial charge in [0.1, 0.15) is 6.04 Å². The summed E-state index contributed by atoms with van der Waals surface area (Å²) in [5.74, 6) is -1.32. The largest absolute Gasteiger partial charge is 0.326 e. The number of piperidine rings is 1. The third kappa shape index (κ3) is 4.39. The molecular formula is C24H24ClN3O4. The predicted octanol–water partition coefficient (Wildman–Crippen LogP) is 3.23. The average Bonchev–Trinajstić information content (AvgIpc) is 3.06. The van der Waals surface area contributed by atoms with E-state index in [-0.39, 0.29) is 30.1 Å². The maximum Gasteiger partial charge on any atom is 0.255 e. The zero-order chi connectivity index (χ0) is 23.0. The summed E-state index contributed by atoms with van der Waals surface area (Å²) in [5, 5.41) is 5.87. The van der Waals surface area contributed by atoms with Crippen LogP contribution in [0.4, 0.5) is 5.69 Å². The number of nitrogens with one attached hydrogen (secondary N) is 2. The van der Waals surface area contributed by atoms with Crippen molar-refractivity contribution in [2.45, 2.75) is 45.7 Å². The molecule has 7 nitrogen and oxygen atoms in total. The van der Waals surface area contributed by atoms with Gasteiger partial charge in [-0.2, -0.15) is 0 Å². The maximum atomic E-state index is 12.8. The van der Waals surface area contributed by atoms with Crippen molar-refractivity contribution in [1.82, 2.24) is 10.2 Å². The molecule has 0 spiro atoms. The normalized spacial score (nSPS) is 18.9. The molecule has 4 rings (SSSR count). The second kappa shape index (κ2) is 8.74. The molecular weight excluding hydrogens is 430 g/mol. The second-order valence-corrected chi connectivity index (χ2v) is 8.86. The van der Waals surface area contributed by atoms with Crippen LogP contribution in [0.5, 0.6) is 0 Å². The molecule has 2 aliphatic heterocycles. The first kappa shape index (κ1) is 22.0. The van der Waals surface area contributed by atoms with E-state index in [0.717, 1.165) is 16.7 Å². The van der Waals surface area contributed by atoms with Gasteiger partial charge in [0.15, 0.2) is 0 Å². The van der Waals surface area contributed by atoms with Crippen LogP contribution >= 0.6 is 11.6 Å². The third-order valence-electron chi connectivity index (χ3n) is 6.00. The van der Waals surface area contributed by atoms with E-state index >= 15 is 0 Å². The summed E-state index contributed by atoms with van der Waals surface area (Å²) in [6, 6.07) is 10.2. The van der Waals surface area contributed by atoms with Crippen molar-refractivity contribution < 1.29 is 19.2 Å². The monoisotopic (exact) mass is 453 g/mol. The number of benzene rings is 2. The SMILES string of the molecule is Cc1cc(NC(=O)C(C)Cc2ccc3c(c2)CN(C2CCC(=O)NC2=O)C3=O)ccc1Cl. The van der Waals surface area contributed by atoms with Crippen molar-refractivity contribution in [2.75, 3.05) is 5.32 Å². The summed E-state index contributed by atoms with van der Waals surface area (Å²) >= 11 is 6.04. The first-order valence-corrected chi connectivity index (χ1v) is 10.9. The Morgan fingerprint density at radius 1 is 1.22 bits per heavy atom. The number of fused-ring (bicyclic) bond motifs is 1. The fourth-order valence-electron chi connectivity index (χ4n) is 4.19. The number of hydrogen-bond donors (Lipinski definition) is 2. The Balaban J connectivity index is 1.42. The number of hydrogen-bond acceptors (Lipinski definition) is 4.